The number of nitrogens with zero attached hydrogens (tertiary/aromatic N) is 2. The lowest BCUT2D eigenvalue weighted by Gasteiger charge is -2.27. The molecule has 0 amide bonds. The summed E-state index contributed by atoms with van der Waals surface area (Å²) < 4.78 is 2.12. The molecule has 1 aromatic heterocycles. The minimum atomic E-state index is 0.701. The first-order valence-corrected chi connectivity index (χ1v) is 6.10. The van der Waals surface area contributed by atoms with Crippen molar-refractivity contribution in [2.24, 2.45) is 0 Å². The van der Waals surface area contributed by atoms with Gasteiger partial charge in [0, 0.05) is 12.6 Å². The normalized spacial score (nSPS) is 16.4. The van der Waals surface area contributed by atoms with Gasteiger partial charge in [0.25, 0.3) is 0 Å². The molecular formula is C12H21N3. The summed E-state index contributed by atoms with van der Waals surface area (Å²) in [6, 6.07) is 0.701. The average Bonchev–Trinajstić information content (AvgIpc) is 2.51. The van der Waals surface area contributed by atoms with Crippen LogP contribution in [-0.4, -0.2) is 15.8 Å². The summed E-state index contributed by atoms with van der Waals surface area (Å²) in [5.41, 5.74) is 2.52. The molecule has 1 fully saturated rings. The third-order valence-electron chi connectivity index (χ3n) is 3.29. The molecular weight excluding hydrogens is 186 g/mol. The second kappa shape index (κ2) is 4.69. The number of aromatic nitrogens is 2. The highest BCUT2D eigenvalue weighted by Crippen LogP contribution is 2.24. The van der Waals surface area contributed by atoms with Crippen LogP contribution in [0.15, 0.2) is 6.20 Å². The van der Waals surface area contributed by atoms with E-state index >= 15 is 0 Å². The standard InChI is InChI=1S/C12H21N3/c1-3-4-8-15-10(2)12(9-13-15)14-11-6-5-7-11/h9,11,14H,3-8H2,1-2H3. The molecule has 84 valence electrons. The van der Waals surface area contributed by atoms with E-state index in [1.807, 2.05) is 6.20 Å². The summed E-state index contributed by atoms with van der Waals surface area (Å²) in [7, 11) is 0. The fraction of sp³-hybridized carbons (Fsp3) is 0.750. The SMILES string of the molecule is CCCCn1ncc(NC2CCC2)c1C. The van der Waals surface area contributed by atoms with E-state index in [4.69, 9.17) is 0 Å². The monoisotopic (exact) mass is 207 g/mol. The largest absolute Gasteiger partial charge is 0.380 e. The number of aryl methyl sites for hydroxylation is 1. The molecule has 0 aromatic carbocycles. The highest BCUT2D eigenvalue weighted by molar-refractivity contribution is 5.47. The Morgan fingerprint density at radius 2 is 2.33 bits per heavy atom. The lowest BCUT2D eigenvalue weighted by molar-refractivity contribution is 0.445. The Bertz CT molecular complexity index is 313. The van der Waals surface area contributed by atoms with Crippen molar-refractivity contribution in [2.45, 2.75) is 58.5 Å². The van der Waals surface area contributed by atoms with Crippen LogP contribution in [0.3, 0.4) is 0 Å². The van der Waals surface area contributed by atoms with Gasteiger partial charge in [0.15, 0.2) is 0 Å². The van der Waals surface area contributed by atoms with Gasteiger partial charge in [-0.25, -0.2) is 0 Å². The van der Waals surface area contributed by atoms with E-state index in [0.29, 0.717) is 6.04 Å². The average molecular weight is 207 g/mol. The Morgan fingerprint density at radius 3 is 2.93 bits per heavy atom. The van der Waals surface area contributed by atoms with Crippen LogP contribution in [0.25, 0.3) is 0 Å². The number of nitrogens with one attached hydrogen (secondary N) is 1. The first-order chi connectivity index (χ1) is 7.31. The van der Waals surface area contributed by atoms with E-state index < -0.39 is 0 Å². The van der Waals surface area contributed by atoms with Gasteiger partial charge in [-0.2, -0.15) is 5.10 Å². The first-order valence-electron chi connectivity index (χ1n) is 6.10. The highest BCUT2D eigenvalue weighted by Gasteiger charge is 2.18. The number of rotatable bonds is 5. The maximum absolute atomic E-state index is 4.42. The topological polar surface area (TPSA) is 29.9 Å². The van der Waals surface area contributed by atoms with Gasteiger partial charge in [-0.3, -0.25) is 4.68 Å². The lowest BCUT2D eigenvalue weighted by Crippen LogP contribution is -2.27. The van der Waals surface area contributed by atoms with Crippen LogP contribution in [0.4, 0.5) is 5.69 Å². The summed E-state index contributed by atoms with van der Waals surface area (Å²) >= 11 is 0. The van der Waals surface area contributed by atoms with Crippen LogP contribution in [0, 0.1) is 6.92 Å². The van der Waals surface area contributed by atoms with Crippen molar-refractivity contribution in [1.82, 2.24) is 9.78 Å². The molecule has 1 N–H and O–H groups in total. The van der Waals surface area contributed by atoms with Crippen LogP contribution in [-0.2, 0) is 6.54 Å². The van der Waals surface area contributed by atoms with E-state index in [0.717, 1.165) is 6.54 Å². The van der Waals surface area contributed by atoms with Crippen molar-refractivity contribution >= 4 is 5.69 Å². The van der Waals surface area contributed by atoms with Gasteiger partial charge in [0.1, 0.15) is 0 Å². The minimum absolute atomic E-state index is 0.701. The smallest absolute Gasteiger partial charge is 0.0758 e. The third kappa shape index (κ3) is 2.33. The molecule has 0 saturated heterocycles. The first kappa shape index (κ1) is 10.5. The van der Waals surface area contributed by atoms with Crippen molar-refractivity contribution in [3.05, 3.63) is 11.9 Å². The maximum atomic E-state index is 4.42. The van der Waals surface area contributed by atoms with Gasteiger partial charge >= 0.3 is 0 Å². The van der Waals surface area contributed by atoms with Gasteiger partial charge in [-0.15, -0.1) is 0 Å². The van der Waals surface area contributed by atoms with E-state index in [2.05, 4.69) is 28.9 Å². The molecule has 1 heterocycles. The van der Waals surface area contributed by atoms with Gasteiger partial charge in [0.2, 0.25) is 0 Å². The van der Waals surface area contributed by atoms with Crippen molar-refractivity contribution in [2.75, 3.05) is 5.32 Å². The zero-order valence-corrected chi connectivity index (χ0v) is 9.79. The summed E-state index contributed by atoms with van der Waals surface area (Å²) in [4.78, 5) is 0. The summed E-state index contributed by atoms with van der Waals surface area (Å²) in [6.07, 6.45) is 8.43. The zero-order chi connectivity index (χ0) is 10.7. The van der Waals surface area contributed by atoms with E-state index in [9.17, 15) is 0 Å². The van der Waals surface area contributed by atoms with Crippen LogP contribution < -0.4 is 5.32 Å². The summed E-state index contributed by atoms with van der Waals surface area (Å²) in [5.74, 6) is 0. The van der Waals surface area contributed by atoms with Crippen molar-refractivity contribution in [3.8, 4) is 0 Å². The molecule has 2 rings (SSSR count). The molecule has 1 aromatic rings. The maximum Gasteiger partial charge on any atom is 0.0758 e. The molecule has 0 aliphatic heterocycles. The molecule has 3 heteroatoms. The Morgan fingerprint density at radius 1 is 1.53 bits per heavy atom. The number of anilines is 1. The van der Waals surface area contributed by atoms with Crippen molar-refractivity contribution in [3.63, 3.8) is 0 Å². The number of hydrogen-bond donors (Lipinski definition) is 1. The predicted molar refractivity (Wildman–Crippen MR) is 63.1 cm³/mol. The van der Waals surface area contributed by atoms with E-state index in [-0.39, 0.29) is 0 Å². The Labute approximate surface area is 91.9 Å². The minimum Gasteiger partial charge on any atom is -0.380 e. The molecule has 0 atom stereocenters. The second-order valence-corrected chi connectivity index (χ2v) is 4.49. The predicted octanol–water partition coefficient (Wildman–Crippen LogP) is 2.96. The second-order valence-electron chi connectivity index (χ2n) is 4.49. The molecule has 3 nitrogen and oxygen atoms in total. The fourth-order valence-electron chi connectivity index (χ4n) is 1.89. The van der Waals surface area contributed by atoms with Crippen LogP contribution in [0.5, 0.6) is 0 Å². The number of hydrogen-bond acceptors (Lipinski definition) is 2. The zero-order valence-electron chi connectivity index (χ0n) is 9.79. The molecule has 0 bridgehead atoms. The molecule has 0 unspecified atom stereocenters. The van der Waals surface area contributed by atoms with Crippen molar-refractivity contribution in [1.29, 1.82) is 0 Å². The Balaban J connectivity index is 1.95. The van der Waals surface area contributed by atoms with Crippen LogP contribution in [0.1, 0.15) is 44.7 Å². The van der Waals surface area contributed by atoms with Crippen molar-refractivity contribution < 1.29 is 0 Å². The fourth-order valence-corrected chi connectivity index (χ4v) is 1.89. The van der Waals surface area contributed by atoms with Gasteiger partial charge in [-0.1, -0.05) is 13.3 Å². The molecule has 15 heavy (non-hydrogen) atoms. The van der Waals surface area contributed by atoms with E-state index in [1.54, 1.807) is 0 Å². The van der Waals surface area contributed by atoms with Crippen LogP contribution >= 0.6 is 0 Å². The van der Waals surface area contributed by atoms with Crippen LogP contribution in [0.2, 0.25) is 0 Å². The number of unbranched alkanes of at least 4 members (excludes halogenated alkanes) is 1. The van der Waals surface area contributed by atoms with Gasteiger partial charge < -0.3 is 5.32 Å². The molecule has 1 aliphatic rings. The summed E-state index contributed by atoms with van der Waals surface area (Å²) in [5, 5.41) is 7.98. The van der Waals surface area contributed by atoms with E-state index in [1.165, 1.54) is 43.5 Å². The summed E-state index contributed by atoms with van der Waals surface area (Å²) in [6.45, 7) is 5.42. The third-order valence-corrected chi connectivity index (χ3v) is 3.29. The lowest BCUT2D eigenvalue weighted by atomic mass is 9.93. The molecule has 1 aliphatic carbocycles. The van der Waals surface area contributed by atoms with Gasteiger partial charge in [0.05, 0.1) is 17.6 Å². The Kier molecular flexibility index (Phi) is 3.29. The Hall–Kier alpha value is -0.990. The molecule has 0 radical (unpaired) electrons. The van der Waals surface area contributed by atoms with Gasteiger partial charge in [-0.05, 0) is 32.6 Å². The molecule has 0 spiro atoms. The highest BCUT2D eigenvalue weighted by atomic mass is 15.3. The molecule has 1 saturated carbocycles. The quantitative estimate of drug-likeness (QED) is 0.804.